The number of carbonyl (C=O) groups is 1. The van der Waals surface area contributed by atoms with Crippen molar-refractivity contribution in [2.75, 3.05) is 13.7 Å². The number of aromatic nitrogens is 1. The molecule has 1 aromatic rings. The minimum absolute atomic E-state index is 0.224. The first-order chi connectivity index (χ1) is 9.23. The van der Waals surface area contributed by atoms with Gasteiger partial charge in [-0.25, -0.2) is 13.6 Å². The summed E-state index contributed by atoms with van der Waals surface area (Å²) in [5.74, 6) is -2.31. The zero-order valence-electron chi connectivity index (χ0n) is 10.4. The molecule has 0 amide bonds. The Hall–Kier alpha value is -1.93. The van der Waals surface area contributed by atoms with Crippen LogP contribution >= 0.6 is 0 Å². The molecule has 1 heterocycles. The van der Waals surface area contributed by atoms with Crippen LogP contribution in [-0.2, 0) is 10.9 Å². The number of halogens is 5. The smallest absolute Gasteiger partial charge is 0.434 e. The predicted octanol–water partition coefficient (Wildman–Crippen LogP) is 3.22. The molecule has 20 heavy (non-hydrogen) atoms. The van der Waals surface area contributed by atoms with E-state index in [9.17, 15) is 26.7 Å². The Bertz CT molecular complexity index is 502. The molecule has 0 N–H and O–H groups in total. The molecule has 0 saturated heterocycles. The summed E-state index contributed by atoms with van der Waals surface area (Å²) in [5.41, 5.74) is -3.69. The van der Waals surface area contributed by atoms with Crippen molar-refractivity contribution in [1.29, 1.82) is 0 Å². The van der Waals surface area contributed by atoms with Gasteiger partial charge in [-0.15, -0.1) is 0 Å². The minimum Gasteiger partial charge on any atom is -0.495 e. The van der Waals surface area contributed by atoms with E-state index < -0.39 is 41.1 Å². The second-order valence-electron chi connectivity index (χ2n) is 3.49. The van der Waals surface area contributed by atoms with Crippen LogP contribution in [0.15, 0.2) is 6.20 Å². The van der Waals surface area contributed by atoms with Crippen LogP contribution in [0.2, 0.25) is 0 Å². The molecule has 1 aromatic heterocycles. The summed E-state index contributed by atoms with van der Waals surface area (Å²) in [6, 6.07) is 0. The molecule has 0 unspecified atom stereocenters. The Labute approximate surface area is 110 Å². The first kappa shape index (κ1) is 16.1. The first-order valence-corrected chi connectivity index (χ1v) is 5.33. The number of nitrogens with zero attached hydrogens (tertiary/aromatic N) is 1. The van der Waals surface area contributed by atoms with Gasteiger partial charge in [0.25, 0.3) is 6.43 Å². The van der Waals surface area contributed by atoms with Gasteiger partial charge in [0.1, 0.15) is 11.3 Å². The summed E-state index contributed by atoms with van der Waals surface area (Å²) in [5, 5.41) is 0. The monoisotopic (exact) mass is 299 g/mol. The molecular weight excluding hydrogens is 289 g/mol. The predicted molar refractivity (Wildman–Crippen MR) is 56.7 cm³/mol. The van der Waals surface area contributed by atoms with Gasteiger partial charge < -0.3 is 9.47 Å². The summed E-state index contributed by atoms with van der Waals surface area (Å²) in [6.07, 6.45) is -7.82. The quantitative estimate of drug-likeness (QED) is 0.632. The van der Waals surface area contributed by atoms with E-state index in [1.54, 1.807) is 0 Å². The Morgan fingerprint density at radius 2 is 2.00 bits per heavy atom. The van der Waals surface area contributed by atoms with Crippen LogP contribution in [0.3, 0.4) is 0 Å². The fraction of sp³-hybridized carbons (Fsp3) is 0.455. The fourth-order valence-electron chi connectivity index (χ4n) is 1.49. The minimum atomic E-state index is -5.00. The highest BCUT2D eigenvalue weighted by atomic mass is 19.4. The van der Waals surface area contributed by atoms with Gasteiger partial charge >= 0.3 is 12.1 Å². The van der Waals surface area contributed by atoms with E-state index in [1.165, 1.54) is 6.92 Å². The number of methoxy groups -OCH3 is 1. The van der Waals surface area contributed by atoms with Crippen molar-refractivity contribution in [3.63, 3.8) is 0 Å². The zero-order valence-corrected chi connectivity index (χ0v) is 10.4. The molecule has 0 atom stereocenters. The molecule has 0 aliphatic rings. The van der Waals surface area contributed by atoms with Crippen molar-refractivity contribution in [2.45, 2.75) is 19.5 Å². The van der Waals surface area contributed by atoms with E-state index in [-0.39, 0.29) is 6.61 Å². The number of ether oxygens (including phenoxy) is 2. The van der Waals surface area contributed by atoms with Crippen LogP contribution < -0.4 is 4.74 Å². The average Bonchev–Trinajstić information content (AvgIpc) is 2.35. The van der Waals surface area contributed by atoms with Crippen molar-refractivity contribution in [3.05, 3.63) is 23.0 Å². The topological polar surface area (TPSA) is 48.4 Å². The Morgan fingerprint density at radius 1 is 1.40 bits per heavy atom. The molecule has 0 radical (unpaired) electrons. The highest BCUT2D eigenvalue weighted by molar-refractivity contribution is 5.94. The molecule has 9 heteroatoms. The second kappa shape index (κ2) is 6.02. The number of pyridine rings is 1. The zero-order chi connectivity index (χ0) is 15.5. The van der Waals surface area contributed by atoms with E-state index in [1.807, 2.05) is 0 Å². The Morgan fingerprint density at radius 3 is 2.40 bits per heavy atom. The van der Waals surface area contributed by atoms with Crippen LogP contribution in [0, 0.1) is 0 Å². The van der Waals surface area contributed by atoms with Crippen molar-refractivity contribution in [1.82, 2.24) is 4.98 Å². The van der Waals surface area contributed by atoms with E-state index >= 15 is 0 Å². The third-order valence-electron chi connectivity index (χ3n) is 2.25. The third kappa shape index (κ3) is 3.14. The lowest BCUT2D eigenvalue weighted by molar-refractivity contribution is -0.141. The van der Waals surface area contributed by atoms with Crippen LogP contribution in [0.5, 0.6) is 5.75 Å². The maximum absolute atomic E-state index is 12.8. The molecule has 4 nitrogen and oxygen atoms in total. The van der Waals surface area contributed by atoms with Crippen LogP contribution in [0.1, 0.15) is 35.0 Å². The van der Waals surface area contributed by atoms with Gasteiger partial charge in [0.05, 0.1) is 19.3 Å². The van der Waals surface area contributed by atoms with Crippen LogP contribution in [0.4, 0.5) is 22.0 Å². The van der Waals surface area contributed by atoms with E-state index in [2.05, 4.69) is 14.5 Å². The van der Waals surface area contributed by atoms with E-state index in [4.69, 9.17) is 0 Å². The normalized spacial score (nSPS) is 11.6. The molecular formula is C11H10F5NO3. The SMILES string of the molecule is CCOC(=O)c1c(C(F)(F)F)ncc(C(F)F)c1OC. The maximum atomic E-state index is 12.8. The van der Waals surface area contributed by atoms with Gasteiger partial charge in [0.2, 0.25) is 0 Å². The molecule has 0 fully saturated rings. The number of hydrogen-bond donors (Lipinski definition) is 0. The summed E-state index contributed by atoms with van der Waals surface area (Å²) in [4.78, 5) is 14.5. The van der Waals surface area contributed by atoms with Crippen molar-refractivity contribution in [2.24, 2.45) is 0 Å². The van der Waals surface area contributed by atoms with Crippen LogP contribution in [0.25, 0.3) is 0 Å². The highest BCUT2D eigenvalue weighted by Crippen LogP contribution is 2.39. The Balaban J connectivity index is 3.60. The van der Waals surface area contributed by atoms with Gasteiger partial charge in [0, 0.05) is 6.20 Å². The van der Waals surface area contributed by atoms with Gasteiger partial charge in [-0.3, -0.25) is 4.98 Å². The third-order valence-corrected chi connectivity index (χ3v) is 2.25. The van der Waals surface area contributed by atoms with Crippen molar-refractivity contribution >= 4 is 5.97 Å². The van der Waals surface area contributed by atoms with E-state index in [0.29, 0.717) is 6.20 Å². The lowest BCUT2D eigenvalue weighted by atomic mass is 10.1. The number of rotatable bonds is 4. The van der Waals surface area contributed by atoms with Crippen LogP contribution in [-0.4, -0.2) is 24.7 Å². The fourth-order valence-corrected chi connectivity index (χ4v) is 1.49. The van der Waals surface area contributed by atoms with Gasteiger partial charge in [-0.05, 0) is 6.92 Å². The molecule has 0 aliphatic carbocycles. The number of esters is 1. The van der Waals surface area contributed by atoms with E-state index in [0.717, 1.165) is 7.11 Å². The lowest BCUT2D eigenvalue weighted by Gasteiger charge is -2.16. The lowest BCUT2D eigenvalue weighted by Crippen LogP contribution is -2.19. The number of alkyl halides is 5. The van der Waals surface area contributed by atoms with Crippen molar-refractivity contribution < 1.29 is 36.2 Å². The molecule has 1 rings (SSSR count). The first-order valence-electron chi connectivity index (χ1n) is 5.33. The van der Waals surface area contributed by atoms with Gasteiger partial charge in [-0.1, -0.05) is 0 Å². The number of hydrogen-bond acceptors (Lipinski definition) is 4. The molecule has 0 aromatic carbocycles. The molecule has 0 saturated carbocycles. The van der Waals surface area contributed by atoms with Gasteiger partial charge in [0.15, 0.2) is 5.69 Å². The molecule has 0 spiro atoms. The molecule has 0 bridgehead atoms. The summed E-state index contributed by atoms with van der Waals surface area (Å²) in [7, 11) is 0.879. The summed E-state index contributed by atoms with van der Waals surface area (Å²) >= 11 is 0. The summed E-state index contributed by atoms with van der Waals surface area (Å²) < 4.78 is 72.7. The summed E-state index contributed by atoms with van der Waals surface area (Å²) in [6.45, 7) is 1.14. The highest BCUT2D eigenvalue weighted by Gasteiger charge is 2.41. The Kier molecular flexibility index (Phi) is 4.85. The largest absolute Gasteiger partial charge is 0.495 e. The molecule has 0 aliphatic heterocycles. The number of carbonyl (C=O) groups excluding carboxylic acids is 1. The average molecular weight is 299 g/mol. The second-order valence-corrected chi connectivity index (χ2v) is 3.49. The van der Waals surface area contributed by atoms with Crippen molar-refractivity contribution in [3.8, 4) is 5.75 Å². The maximum Gasteiger partial charge on any atom is 0.434 e. The molecule has 112 valence electrons. The van der Waals surface area contributed by atoms with Gasteiger partial charge in [-0.2, -0.15) is 13.2 Å². The standard InChI is InChI=1S/C11H10F5NO3/c1-3-20-10(18)6-7(19-2)5(9(12)13)4-17-8(6)11(14,15)16/h4,9H,3H2,1-2H3.